The predicted octanol–water partition coefficient (Wildman–Crippen LogP) is 4.69. The summed E-state index contributed by atoms with van der Waals surface area (Å²) in [5.74, 6) is 0.286. The van der Waals surface area contributed by atoms with Crippen molar-refractivity contribution in [1.29, 1.82) is 5.26 Å². The van der Waals surface area contributed by atoms with Crippen LogP contribution in [0.15, 0.2) is 65.5 Å². The van der Waals surface area contributed by atoms with Crippen LogP contribution in [0.4, 0.5) is 10.5 Å². The number of nitrogens with zero attached hydrogens (tertiary/aromatic N) is 3. The van der Waals surface area contributed by atoms with Crippen LogP contribution >= 0.6 is 11.6 Å². The Morgan fingerprint density at radius 3 is 2.66 bits per heavy atom. The van der Waals surface area contributed by atoms with Gasteiger partial charge in [-0.05, 0) is 54.3 Å². The van der Waals surface area contributed by atoms with Gasteiger partial charge in [0.05, 0.1) is 11.6 Å². The molecule has 7 heteroatoms. The fourth-order valence-corrected chi connectivity index (χ4v) is 5.05. The number of carbonyl (C=O) groups excluding carboxylic acids is 1. The summed E-state index contributed by atoms with van der Waals surface area (Å²) in [6, 6.07) is 19.9. The molecule has 1 fully saturated rings. The molecular formula is C25H21ClN4O2. The van der Waals surface area contributed by atoms with E-state index in [1.807, 2.05) is 39.8 Å². The summed E-state index contributed by atoms with van der Waals surface area (Å²) in [4.78, 5) is 27.5. The monoisotopic (exact) mass is 444 g/mol. The van der Waals surface area contributed by atoms with Crippen LogP contribution in [0, 0.1) is 17.2 Å². The number of carbonyl (C=O) groups is 1. The minimum atomic E-state index is -0.186. The maximum Gasteiger partial charge on any atom is 0.321 e. The molecule has 0 spiro atoms. The van der Waals surface area contributed by atoms with E-state index in [0.717, 1.165) is 23.2 Å². The van der Waals surface area contributed by atoms with E-state index in [-0.39, 0.29) is 23.4 Å². The first-order valence-electron chi connectivity index (χ1n) is 10.6. The highest BCUT2D eigenvalue weighted by atomic mass is 35.5. The molecule has 3 heterocycles. The molecule has 2 aromatic carbocycles. The molecule has 160 valence electrons. The molecule has 0 saturated carbocycles. The van der Waals surface area contributed by atoms with Gasteiger partial charge in [-0.15, -0.1) is 0 Å². The molecule has 32 heavy (non-hydrogen) atoms. The third kappa shape index (κ3) is 3.76. The van der Waals surface area contributed by atoms with Crippen molar-refractivity contribution in [3.63, 3.8) is 0 Å². The molecule has 0 radical (unpaired) electrons. The zero-order chi connectivity index (χ0) is 22.2. The number of hydrogen-bond donors (Lipinski definition) is 1. The maximum absolute atomic E-state index is 13.0. The Balaban J connectivity index is 1.45. The average molecular weight is 445 g/mol. The fourth-order valence-electron chi connectivity index (χ4n) is 4.92. The smallest absolute Gasteiger partial charge is 0.321 e. The van der Waals surface area contributed by atoms with E-state index in [1.54, 1.807) is 30.3 Å². The van der Waals surface area contributed by atoms with Crippen molar-refractivity contribution in [2.75, 3.05) is 18.4 Å². The van der Waals surface area contributed by atoms with Crippen molar-refractivity contribution >= 4 is 23.3 Å². The molecule has 3 aromatic rings. The number of aromatic nitrogens is 1. The Morgan fingerprint density at radius 1 is 1.06 bits per heavy atom. The number of halogens is 1. The van der Waals surface area contributed by atoms with Crippen molar-refractivity contribution < 1.29 is 4.79 Å². The topological polar surface area (TPSA) is 78.1 Å². The summed E-state index contributed by atoms with van der Waals surface area (Å²) in [5.41, 5.74) is 4.10. The number of likely N-dealkylation sites (tertiary alicyclic amines) is 1. The molecule has 2 aliphatic rings. The van der Waals surface area contributed by atoms with E-state index in [0.29, 0.717) is 35.9 Å². The van der Waals surface area contributed by atoms with Gasteiger partial charge >= 0.3 is 6.03 Å². The number of piperidine rings is 1. The SMILES string of the molecule is N#Cc1cccc(NC(=O)N2C[C@@H]3C[C@H](C2)c2c(-c4ccc(Cl)cc4)ccc(=O)n2C3)c1. The van der Waals surface area contributed by atoms with Crippen LogP contribution in [0.3, 0.4) is 0 Å². The minimum absolute atomic E-state index is 0.00127. The molecule has 1 saturated heterocycles. The minimum Gasteiger partial charge on any atom is -0.324 e. The van der Waals surface area contributed by atoms with Gasteiger partial charge in [-0.1, -0.05) is 29.8 Å². The second-order valence-corrected chi connectivity index (χ2v) is 8.85. The summed E-state index contributed by atoms with van der Waals surface area (Å²) in [6.45, 7) is 1.72. The van der Waals surface area contributed by atoms with Gasteiger partial charge in [-0.2, -0.15) is 5.26 Å². The van der Waals surface area contributed by atoms with Crippen molar-refractivity contribution in [2.24, 2.45) is 5.92 Å². The normalized spacial score (nSPS) is 19.1. The van der Waals surface area contributed by atoms with Gasteiger partial charge in [0, 0.05) is 53.6 Å². The van der Waals surface area contributed by atoms with Crippen molar-refractivity contribution in [1.82, 2.24) is 9.47 Å². The highest BCUT2D eigenvalue weighted by Gasteiger charge is 2.37. The summed E-state index contributed by atoms with van der Waals surface area (Å²) in [7, 11) is 0. The van der Waals surface area contributed by atoms with E-state index in [2.05, 4.69) is 11.4 Å². The van der Waals surface area contributed by atoms with E-state index in [4.69, 9.17) is 16.9 Å². The van der Waals surface area contributed by atoms with Gasteiger partial charge in [-0.25, -0.2) is 4.79 Å². The lowest BCUT2D eigenvalue weighted by Gasteiger charge is -2.43. The fraction of sp³-hybridized carbons (Fsp3) is 0.240. The summed E-state index contributed by atoms with van der Waals surface area (Å²) in [5, 5.41) is 12.7. The number of amides is 2. The second-order valence-electron chi connectivity index (χ2n) is 8.41. The molecule has 6 nitrogen and oxygen atoms in total. The Labute approximate surface area is 190 Å². The van der Waals surface area contributed by atoms with Crippen molar-refractivity contribution in [2.45, 2.75) is 18.9 Å². The van der Waals surface area contributed by atoms with Crippen LogP contribution in [0.1, 0.15) is 23.6 Å². The Hall–Kier alpha value is -3.56. The lowest BCUT2D eigenvalue weighted by atomic mass is 9.80. The molecule has 1 N–H and O–H groups in total. The number of pyridine rings is 1. The number of fused-ring (bicyclic) bond motifs is 4. The third-order valence-corrected chi connectivity index (χ3v) is 6.53. The van der Waals surface area contributed by atoms with Gasteiger partial charge in [-0.3, -0.25) is 4.79 Å². The quantitative estimate of drug-likeness (QED) is 0.622. The molecular weight excluding hydrogens is 424 g/mol. The second kappa shape index (κ2) is 8.18. The Morgan fingerprint density at radius 2 is 1.88 bits per heavy atom. The lowest BCUT2D eigenvalue weighted by molar-refractivity contribution is 0.140. The summed E-state index contributed by atoms with van der Waals surface area (Å²) in [6.07, 6.45) is 0.942. The Bertz CT molecular complexity index is 1290. The van der Waals surface area contributed by atoms with Crippen LogP contribution in [0.25, 0.3) is 11.1 Å². The summed E-state index contributed by atoms with van der Waals surface area (Å²) < 4.78 is 1.88. The van der Waals surface area contributed by atoms with Crippen LogP contribution in [0.2, 0.25) is 5.02 Å². The number of nitriles is 1. The van der Waals surface area contributed by atoms with Crippen LogP contribution < -0.4 is 10.9 Å². The Kier molecular flexibility index (Phi) is 5.20. The lowest BCUT2D eigenvalue weighted by Crippen LogP contribution is -2.50. The molecule has 2 aliphatic heterocycles. The number of benzene rings is 2. The van der Waals surface area contributed by atoms with Gasteiger partial charge < -0.3 is 14.8 Å². The number of urea groups is 1. The molecule has 0 unspecified atom stereocenters. The van der Waals surface area contributed by atoms with Gasteiger partial charge in [0.1, 0.15) is 0 Å². The summed E-state index contributed by atoms with van der Waals surface area (Å²) >= 11 is 6.07. The molecule has 2 amide bonds. The molecule has 2 bridgehead atoms. The highest BCUT2D eigenvalue weighted by molar-refractivity contribution is 6.30. The largest absolute Gasteiger partial charge is 0.324 e. The predicted molar refractivity (Wildman–Crippen MR) is 124 cm³/mol. The van der Waals surface area contributed by atoms with Crippen molar-refractivity contribution in [3.05, 3.63) is 87.3 Å². The average Bonchev–Trinajstić information content (AvgIpc) is 2.80. The van der Waals surface area contributed by atoms with E-state index < -0.39 is 0 Å². The van der Waals surface area contributed by atoms with Crippen LogP contribution in [-0.4, -0.2) is 28.6 Å². The van der Waals surface area contributed by atoms with Crippen LogP contribution in [-0.2, 0) is 6.54 Å². The van der Waals surface area contributed by atoms with Gasteiger partial charge in [0.15, 0.2) is 0 Å². The maximum atomic E-state index is 13.0. The number of rotatable bonds is 2. The third-order valence-electron chi connectivity index (χ3n) is 6.28. The van der Waals surface area contributed by atoms with Gasteiger partial charge in [0.2, 0.25) is 0 Å². The first-order chi connectivity index (χ1) is 15.5. The number of anilines is 1. The van der Waals surface area contributed by atoms with E-state index in [9.17, 15) is 9.59 Å². The molecule has 5 rings (SSSR count). The zero-order valence-corrected chi connectivity index (χ0v) is 18.0. The zero-order valence-electron chi connectivity index (χ0n) is 17.3. The highest BCUT2D eigenvalue weighted by Crippen LogP contribution is 2.40. The number of nitrogens with one attached hydrogen (secondary N) is 1. The first-order valence-corrected chi connectivity index (χ1v) is 11.0. The first kappa shape index (κ1) is 20.3. The number of hydrogen-bond acceptors (Lipinski definition) is 3. The van der Waals surface area contributed by atoms with Gasteiger partial charge in [0.25, 0.3) is 5.56 Å². The molecule has 2 atom stereocenters. The van der Waals surface area contributed by atoms with E-state index >= 15 is 0 Å². The molecule has 1 aromatic heterocycles. The van der Waals surface area contributed by atoms with E-state index in [1.165, 1.54) is 0 Å². The molecule has 0 aliphatic carbocycles. The van der Waals surface area contributed by atoms with Crippen LogP contribution in [0.5, 0.6) is 0 Å². The standard InChI is InChI=1S/C25H21ClN4O2/c26-20-6-4-18(5-7-20)22-8-9-23(31)30-14-17-10-19(24(22)30)15-29(13-17)25(32)28-21-3-1-2-16(11-21)12-27/h1-9,11,17,19H,10,13-15H2,(H,28,32)/t17-,19+/m0/s1. The van der Waals surface area contributed by atoms with Crippen molar-refractivity contribution in [3.8, 4) is 17.2 Å².